The molecule has 0 aliphatic heterocycles. The molecule has 3 rings (SSSR count). The SMILES string of the molecule is CC(CNCCc1cnc[nH]1)NSc1ccc2cnccc2c1. The highest BCUT2D eigenvalue weighted by molar-refractivity contribution is 7.97. The summed E-state index contributed by atoms with van der Waals surface area (Å²) in [4.78, 5) is 12.5. The van der Waals surface area contributed by atoms with E-state index in [0.29, 0.717) is 6.04 Å². The standard InChI is InChI=1S/C17H21N5S/c1-13(9-18-7-5-16-11-20-12-21-16)22-23-17-3-2-15-10-19-6-4-14(15)8-17/h2-4,6,8,10-13,18,22H,5,7,9H2,1H3,(H,20,21). The van der Waals surface area contributed by atoms with E-state index in [2.05, 4.69) is 50.1 Å². The van der Waals surface area contributed by atoms with Crippen molar-refractivity contribution < 1.29 is 0 Å². The summed E-state index contributed by atoms with van der Waals surface area (Å²) in [6.45, 7) is 4.06. The lowest BCUT2D eigenvalue weighted by molar-refractivity contribution is 0.584. The Balaban J connectivity index is 1.40. The van der Waals surface area contributed by atoms with E-state index >= 15 is 0 Å². The van der Waals surface area contributed by atoms with Crippen LogP contribution in [0.25, 0.3) is 10.8 Å². The average molecular weight is 327 g/mol. The van der Waals surface area contributed by atoms with Crippen molar-refractivity contribution in [3.8, 4) is 0 Å². The third-order valence-corrected chi connectivity index (χ3v) is 4.58. The van der Waals surface area contributed by atoms with E-state index in [4.69, 9.17) is 0 Å². The highest BCUT2D eigenvalue weighted by atomic mass is 32.2. The summed E-state index contributed by atoms with van der Waals surface area (Å²) >= 11 is 1.67. The van der Waals surface area contributed by atoms with Gasteiger partial charge in [-0.2, -0.15) is 0 Å². The third kappa shape index (κ3) is 4.79. The van der Waals surface area contributed by atoms with E-state index in [1.807, 2.05) is 24.7 Å². The fraction of sp³-hybridized carbons (Fsp3) is 0.294. The summed E-state index contributed by atoms with van der Waals surface area (Å²) in [7, 11) is 0. The van der Waals surface area contributed by atoms with Crippen LogP contribution >= 0.6 is 11.9 Å². The molecule has 0 spiro atoms. The Morgan fingerprint density at radius 3 is 3.00 bits per heavy atom. The number of nitrogens with one attached hydrogen (secondary N) is 3. The predicted molar refractivity (Wildman–Crippen MR) is 95.4 cm³/mol. The molecule has 0 fully saturated rings. The molecule has 2 aromatic heterocycles. The molecule has 2 heterocycles. The fourth-order valence-electron chi connectivity index (χ4n) is 2.30. The summed E-state index contributed by atoms with van der Waals surface area (Å²) in [5, 5.41) is 5.85. The van der Waals surface area contributed by atoms with Gasteiger partial charge in [0.1, 0.15) is 0 Å². The Hall–Kier alpha value is -1.89. The molecular formula is C17H21N5S. The van der Waals surface area contributed by atoms with Crippen LogP contribution in [0.4, 0.5) is 0 Å². The molecule has 0 saturated carbocycles. The van der Waals surface area contributed by atoms with Crippen LogP contribution in [0.1, 0.15) is 12.6 Å². The summed E-state index contributed by atoms with van der Waals surface area (Å²) < 4.78 is 3.48. The van der Waals surface area contributed by atoms with Crippen molar-refractivity contribution in [3.05, 3.63) is 54.9 Å². The first-order valence-electron chi connectivity index (χ1n) is 7.75. The maximum Gasteiger partial charge on any atom is 0.0921 e. The molecule has 0 radical (unpaired) electrons. The predicted octanol–water partition coefficient (Wildman–Crippen LogP) is 2.78. The molecule has 0 bridgehead atoms. The monoisotopic (exact) mass is 327 g/mol. The molecule has 3 aromatic rings. The number of imidazole rings is 1. The summed E-state index contributed by atoms with van der Waals surface area (Å²) in [5.41, 5.74) is 1.16. The van der Waals surface area contributed by atoms with Crippen molar-refractivity contribution in [1.29, 1.82) is 0 Å². The summed E-state index contributed by atoms with van der Waals surface area (Å²) in [5.74, 6) is 0. The minimum absolute atomic E-state index is 0.384. The molecule has 1 atom stereocenters. The number of hydrogen-bond donors (Lipinski definition) is 3. The van der Waals surface area contributed by atoms with Gasteiger partial charge < -0.3 is 10.3 Å². The van der Waals surface area contributed by atoms with Crippen molar-refractivity contribution >= 4 is 22.7 Å². The van der Waals surface area contributed by atoms with Gasteiger partial charge in [-0.15, -0.1) is 0 Å². The van der Waals surface area contributed by atoms with Crippen molar-refractivity contribution in [2.75, 3.05) is 13.1 Å². The van der Waals surface area contributed by atoms with E-state index in [0.717, 1.165) is 25.2 Å². The lowest BCUT2D eigenvalue weighted by Crippen LogP contribution is -2.33. The molecule has 0 aliphatic rings. The zero-order valence-electron chi connectivity index (χ0n) is 13.1. The molecule has 3 N–H and O–H groups in total. The van der Waals surface area contributed by atoms with Gasteiger partial charge in [0.15, 0.2) is 0 Å². The Morgan fingerprint density at radius 2 is 2.13 bits per heavy atom. The summed E-state index contributed by atoms with van der Waals surface area (Å²) in [6.07, 6.45) is 8.28. The molecule has 1 unspecified atom stereocenters. The number of pyridine rings is 1. The van der Waals surface area contributed by atoms with Crippen LogP contribution in [-0.4, -0.2) is 34.1 Å². The molecule has 120 valence electrons. The molecule has 5 nitrogen and oxygen atoms in total. The number of nitrogens with zero attached hydrogens (tertiary/aromatic N) is 2. The Morgan fingerprint density at radius 1 is 1.17 bits per heavy atom. The minimum atomic E-state index is 0.384. The molecule has 23 heavy (non-hydrogen) atoms. The molecular weight excluding hydrogens is 306 g/mol. The summed E-state index contributed by atoms with van der Waals surface area (Å²) in [6, 6.07) is 8.85. The second-order valence-electron chi connectivity index (χ2n) is 5.54. The van der Waals surface area contributed by atoms with Crippen LogP contribution in [0.2, 0.25) is 0 Å². The van der Waals surface area contributed by atoms with Crippen LogP contribution in [0, 0.1) is 0 Å². The molecule has 6 heteroatoms. The zero-order chi connectivity index (χ0) is 15.9. The molecule has 0 saturated heterocycles. The van der Waals surface area contributed by atoms with Gasteiger partial charge in [0.05, 0.1) is 6.33 Å². The van der Waals surface area contributed by atoms with Crippen molar-refractivity contribution in [2.45, 2.75) is 24.3 Å². The van der Waals surface area contributed by atoms with Crippen molar-refractivity contribution in [2.24, 2.45) is 0 Å². The van der Waals surface area contributed by atoms with Gasteiger partial charge in [-0.25, -0.2) is 4.98 Å². The van der Waals surface area contributed by atoms with Gasteiger partial charge in [0.25, 0.3) is 0 Å². The van der Waals surface area contributed by atoms with Gasteiger partial charge >= 0.3 is 0 Å². The van der Waals surface area contributed by atoms with Crippen molar-refractivity contribution in [1.82, 2.24) is 25.0 Å². The molecule has 1 aromatic carbocycles. The van der Waals surface area contributed by atoms with E-state index in [1.54, 1.807) is 18.3 Å². The number of fused-ring (bicyclic) bond motifs is 1. The number of aromatic nitrogens is 3. The van der Waals surface area contributed by atoms with Crippen LogP contribution in [0.15, 0.2) is 54.1 Å². The highest BCUT2D eigenvalue weighted by Gasteiger charge is 2.03. The Labute approximate surface area is 140 Å². The normalized spacial score (nSPS) is 12.6. The number of aromatic amines is 1. The number of rotatable bonds is 8. The maximum atomic E-state index is 4.14. The quantitative estimate of drug-likeness (QED) is 0.438. The van der Waals surface area contributed by atoms with Gasteiger partial charge in [-0.1, -0.05) is 6.07 Å². The Bertz CT molecular complexity index is 729. The molecule has 0 amide bonds. The zero-order valence-corrected chi connectivity index (χ0v) is 13.9. The lowest BCUT2D eigenvalue weighted by atomic mass is 10.2. The van der Waals surface area contributed by atoms with Gasteiger partial charge in [-0.05, 0) is 42.5 Å². The van der Waals surface area contributed by atoms with E-state index in [1.165, 1.54) is 15.7 Å². The third-order valence-electron chi connectivity index (χ3n) is 3.57. The number of hydrogen-bond acceptors (Lipinski definition) is 5. The van der Waals surface area contributed by atoms with Gasteiger partial charge in [0.2, 0.25) is 0 Å². The topological polar surface area (TPSA) is 65.6 Å². The van der Waals surface area contributed by atoms with Crippen LogP contribution in [0.3, 0.4) is 0 Å². The van der Waals surface area contributed by atoms with Gasteiger partial charge in [0, 0.05) is 60.1 Å². The van der Waals surface area contributed by atoms with Gasteiger partial charge in [-0.3, -0.25) is 9.71 Å². The van der Waals surface area contributed by atoms with Crippen LogP contribution in [-0.2, 0) is 6.42 Å². The smallest absolute Gasteiger partial charge is 0.0921 e. The van der Waals surface area contributed by atoms with E-state index < -0.39 is 0 Å². The first-order valence-corrected chi connectivity index (χ1v) is 8.57. The van der Waals surface area contributed by atoms with Crippen LogP contribution in [0.5, 0.6) is 0 Å². The van der Waals surface area contributed by atoms with Crippen LogP contribution < -0.4 is 10.0 Å². The average Bonchev–Trinajstić information content (AvgIpc) is 3.10. The van der Waals surface area contributed by atoms with Crippen molar-refractivity contribution in [3.63, 3.8) is 0 Å². The first kappa shape index (κ1) is 16.0. The van der Waals surface area contributed by atoms with E-state index in [9.17, 15) is 0 Å². The number of benzene rings is 1. The first-order chi connectivity index (χ1) is 11.3. The number of H-pyrrole nitrogens is 1. The second kappa shape index (κ2) is 8.10. The largest absolute Gasteiger partial charge is 0.348 e. The van der Waals surface area contributed by atoms with E-state index in [-0.39, 0.29) is 0 Å². The highest BCUT2D eigenvalue weighted by Crippen LogP contribution is 2.21. The minimum Gasteiger partial charge on any atom is -0.348 e. The maximum absolute atomic E-state index is 4.14. The lowest BCUT2D eigenvalue weighted by Gasteiger charge is -2.14. The Kier molecular flexibility index (Phi) is 5.63. The molecule has 0 aliphatic carbocycles. The fourth-order valence-corrected chi connectivity index (χ4v) is 3.04. The second-order valence-corrected chi connectivity index (χ2v) is 6.45.